The Morgan fingerprint density at radius 2 is 2.33 bits per heavy atom. The average molecular weight is 296 g/mol. The Hall–Kier alpha value is -2.12. The maximum absolute atomic E-state index is 12.1. The minimum atomic E-state index is -0.789. The summed E-state index contributed by atoms with van der Waals surface area (Å²) >= 11 is 0. The third-order valence-electron chi connectivity index (χ3n) is 3.53. The summed E-state index contributed by atoms with van der Waals surface area (Å²) in [7, 11) is 0. The van der Waals surface area contributed by atoms with Crippen molar-refractivity contribution in [3.05, 3.63) is 11.7 Å². The van der Waals surface area contributed by atoms with Crippen molar-refractivity contribution in [2.45, 2.75) is 39.2 Å². The number of piperidine rings is 1. The number of aryl methyl sites for hydroxylation is 1. The molecule has 1 fully saturated rings. The smallest absolute Gasteiger partial charge is 0.317 e. The highest BCUT2D eigenvalue weighted by Gasteiger charge is 2.24. The molecular formula is C13H20N4O4. The number of hydrogen-bond acceptors (Lipinski definition) is 5. The van der Waals surface area contributed by atoms with E-state index in [4.69, 9.17) is 9.63 Å². The van der Waals surface area contributed by atoms with Gasteiger partial charge in [0.15, 0.2) is 5.82 Å². The lowest BCUT2D eigenvalue weighted by molar-refractivity contribution is -0.137. The van der Waals surface area contributed by atoms with Gasteiger partial charge in [0.2, 0.25) is 5.89 Å². The Bertz CT molecular complexity index is 502. The number of aromatic nitrogens is 2. The molecule has 2 heterocycles. The highest BCUT2D eigenvalue weighted by Crippen LogP contribution is 2.21. The second kappa shape index (κ2) is 7.05. The zero-order chi connectivity index (χ0) is 15.2. The van der Waals surface area contributed by atoms with E-state index in [2.05, 4.69) is 15.5 Å². The maximum atomic E-state index is 12.1. The van der Waals surface area contributed by atoms with E-state index in [1.54, 1.807) is 11.8 Å². The monoisotopic (exact) mass is 296 g/mol. The first kappa shape index (κ1) is 15.3. The highest BCUT2D eigenvalue weighted by atomic mass is 16.5. The molecule has 0 spiro atoms. The number of aliphatic carboxylic acids is 1. The van der Waals surface area contributed by atoms with Crippen molar-refractivity contribution in [2.75, 3.05) is 13.1 Å². The van der Waals surface area contributed by atoms with Crippen molar-refractivity contribution in [1.29, 1.82) is 0 Å². The number of carbonyl (C=O) groups is 2. The van der Waals surface area contributed by atoms with Crippen molar-refractivity contribution < 1.29 is 19.2 Å². The average Bonchev–Trinajstić information content (AvgIpc) is 2.88. The van der Waals surface area contributed by atoms with Crippen molar-refractivity contribution in [1.82, 2.24) is 20.4 Å². The van der Waals surface area contributed by atoms with Crippen LogP contribution in [0.4, 0.5) is 4.79 Å². The van der Waals surface area contributed by atoms with Gasteiger partial charge in [0.1, 0.15) is 0 Å². The number of rotatable bonds is 5. The standard InChI is InChI=1S/C13H20N4O4/c1-9-15-11(21-16-9)7-14-13(20)17-6-2-3-10(8-17)4-5-12(18)19/h10H,2-8H2,1H3,(H,14,20)(H,18,19). The van der Waals surface area contributed by atoms with Crippen LogP contribution in [-0.4, -0.2) is 45.2 Å². The number of likely N-dealkylation sites (tertiary alicyclic amines) is 1. The SMILES string of the molecule is Cc1noc(CNC(=O)N2CCCC(CCC(=O)O)C2)n1. The van der Waals surface area contributed by atoms with Gasteiger partial charge in [0, 0.05) is 19.5 Å². The maximum Gasteiger partial charge on any atom is 0.317 e. The summed E-state index contributed by atoms with van der Waals surface area (Å²) in [5.41, 5.74) is 0. The second-order valence-corrected chi connectivity index (χ2v) is 5.28. The van der Waals surface area contributed by atoms with Crippen molar-refractivity contribution in [3.8, 4) is 0 Å². The van der Waals surface area contributed by atoms with E-state index in [0.29, 0.717) is 31.2 Å². The predicted molar refractivity (Wildman–Crippen MR) is 72.4 cm³/mol. The van der Waals surface area contributed by atoms with Crippen LogP contribution in [0.5, 0.6) is 0 Å². The van der Waals surface area contributed by atoms with Crippen LogP contribution in [0.25, 0.3) is 0 Å². The van der Waals surface area contributed by atoms with Gasteiger partial charge in [-0.3, -0.25) is 4.79 Å². The predicted octanol–water partition coefficient (Wildman–Crippen LogP) is 1.16. The van der Waals surface area contributed by atoms with Crippen LogP contribution in [0.2, 0.25) is 0 Å². The third kappa shape index (κ3) is 4.73. The van der Waals surface area contributed by atoms with E-state index < -0.39 is 5.97 Å². The highest BCUT2D eigenvalue weighted by molar-refractivity contribution is 5.74. The first-order valence-electron chi connectivity index (χ1n) is 7.08. The van der Waals surface area contributed by atoms with Crippen molar-refractivity contribution >= 4 is 12.0 Å². The fourth-order valence-electron chi connectivity index (χ4n) is 2.49. The van der Waals surface area contributed by atoms with E-state index in [9.17, 15) is 9.59 Å². The minimum absolute atomic E-state index is 0.154. The van der Waals surface area contributed by atoms with Gasteiger partial charge in [-0.15, -0.1) is 0 Å². The molecule has 1 aromatic heterocycles. The fraction of sp³-hybridized carbons (Fsp3) is 0.692. The zero-order valence-corrected chi connectivity index (χ0v) is 12.0. The molecule has 2 N–H and O–H groups in total. The van der Waals surface area contributed by atoms with Gasteiger partial charge in [-0.1, -0.05) is 5.16 Å². The number of carboxylic acid groups (broad SMARTS) is 1. The minimum Gasteiger partial charge on any atom is -0.481 e. The molecule has 21 heavy (non-hydrogen) atoms. The molecule has 1 aliphatic rings. The van der Waals surface area contributed by atoms with Gasteiger partial charge in [0.25, 0.3) is 0 Å². The van der Waals surface area contributed by atoms with Crippen LogP contribution < -0.4 is 5.32 Å². The summed E-state index contributed by atoms with van der Waals surface area (Å²) in [6.45, 7) is 3.21. The number of carboxylic acids is 1. The Morgan fingerprint density at radius 1 is 1.52 bits per heavy atom. The fourth-order valence-corrected chi connectivity index (χ4v) is 2.49. The Balaban J connectivity index is 1.77. The molecule has 8 heteroatoms. The van der Waals surface area contributed by atoms with Gasteiger partial charge < -0.3 is 19.8 Å². The van der Waals surface area contributed by atoms with Gasteiger partial charge >= 0.3 is 12.0 Å². The van der Waals surface area contributed by atoms with Crippen molar-refractivity contribution in [2.24, 2.45) is 5.92 Å². The Kier molecular flexibility index (Phi) is 5.13. The summed E-state index contributed by atoms with van der Waals surface area (Å²) in [4.78, 5) is 28.4. The number of nitrogens with one attached hydrogen (secondary N) is 1. The summed E-state index contributed by atoms with van der Waals surface area (Å²) < 4.78 is 4.93. The molecule has 0 saturated carbocycles. The second-order valence-electron chi connectivity index (χ2n) is 5.28. The van der Waals surface area contributed by atoms with Crippen LogP contribution in [0.1, 0.15) is 37.4 Å². The molecule has 8 nitrogen and oxygen atoms in total. The van der Waals surface area contributed by atoms with E-state index >= 15 is 0 Å². The topological polar surface area (TPSA) is 109 Å². The number of nitrogens with zero attached hydrogens (tertiary/aromatic N) is 3. The normalized spacial score (nSPS) is 18.5. The molecule has 116 valence electrons. The molecule has 0 bridgehead atoms. The molecule has 2 rings (SSSR count). The van der Waals surface area contributed by atoms with E-state index in [-0.39, 0.29) is 24.9 Å². The van der Waals surface area contributed by atoms with Crippen LogP contribution in [-0.2, 0) is 11.3 Å². The molecular weight excluding hydrogens is 276 g/mol. The molecule has 1 aliphatic heterocycles. The molecule has 0 aliphatic carbocycles. The molecule has 1 atom stereocenters. The number of amides is 2. The summed E-state index contributed by atoms with van der Waals surface area (Å²) in [6, 6.07) is -0.175. The lowest BCUT2D eigenvalue weighted by atomic mass is 9.93. The quantitative estimate of drug-likeness (QED) is 0.844. The summed E-state index contributed by atoms with van der Waals surface area (Å²) in [5, 5.41) is 15.1. The molecule has 2 amide bonds. The lowest BCUT2D eigenvalue weighted by Crippen LogP contribution is -2.45. The van der Waals surface area contributed by atoms with Crippen LogP contribution >= 0.6 is 0 Å². The van der Waals surface area contributed by atoms with Crippen LogP contribution in [0, 0.1) is 12.8 Å². The lowest BCUT2D eigenvalue weighted by Gasteiger charge is -2.32. The van der Waals surface area contributed by atoms with Gasteiger partial charge in [-0.05, 0) is 32.1 Å². The first-order chi connectivity index (χ1) is 10.0. The first-order valence-corrected chi connectivity index (χ1v) is 7.08. The largest absolute Gasteiger partial charge is 0.481 e. The van der Waals surface area contributed by atoms with E-state index in [1.165, 1.54) is 0 Å². The number of hydrogen-bond donors (Lipinski definition) is 2. The number of carbonyl (C=O) groups excluding carboxylic acids is 1. The zero-order valence-electron chi connectivity index (χ0n) is 12.0. The van der Waals surface area contributed by atoms with Gasteiger partial charge in [0.05, 0.1) is 6.54 Å². The molecule has 1 aromatic rings. The summed E-state index contributed by atoms with van der Waals surface area (Å²) in [6.07, 6.45) is 2.64. The molecule has 1 saturated heterocycles. The van der Waals surface area contributed by atoms with Crippen molar-refractivity contribution in [3.63, 3.8) is 0 Å². The van der Waals surface area contributed by atoms with E-state index in [0.717, 1.165) is 12.8 Å². The molecule has 0 radical (unpaired) electrons. The molecule has 1 unspecified atom stereocenters. The van der Waals surface area contributed by atoms with Crippen LogP contribution in [0.15, 0.2) is 4.52 Å². The van der Waals surface area contributed by atoms with Gasteiger partial charge in [-0.2, -0.15) is 4.98 Å². The van der Waals surface area contributed by atoms with E-state index in [1.807, 2.05) is 0 Å². The summed E-state index contributed by atoms with van der Waals surface area (Å²) in [5.74, 6) is 0.376. The Morgan fingerprint density at radius 3 is 3.00 bits per heavy atom. The number of urea groups is 1. The third-order valence-corrected chi connectivity index (χ3v) is 3.53. The molecule has 0 aromatic carbocycles. The van der Waals surface area contributed by atoms with Gasteiger partial charge in [-0.25, -0.2) is 4.79 Å². The Labute approximate surface area is 122 Å². The van der Waals surface area contributed by atoms with Crippen LogP contribution in [0.3, 0.4) is 0 Å².